The highest BCUT2D eigenvalue weighted by Crippen LogP contribution is 2.23. The Kier molecular flexibility index (Phi) is 6.52. The predicted molar refractivity (Wildman–Crippen MR) is 109 cm³/mol. The Balaban J connectivity index is 1.53. The Hall–Kier alpha value is -3.03. The number of aromatic carboxylic acids is 1. The molecule has 0 aliphatic heterocycles. The average molecular weight is 415 g/mol. The molecule has 0 saturated carbocycles. The number of furan rings is 1. The fourth-order valence-electron chi connectivity index (χ4n) is 2.26. The summed E-state index contributed by atoms with van der Waals surface area (Å²) in [5.41, 5.74) is 3.25. The van der Waals surface area contributed by atoms with E-state index in [9.17, 15) is 9.59 Å². The first-order chi connectivity index (χ1) is 13.5. The van der Waals surface area contributed by atoms with E-state index < -0.39 is 5.97 Å². The standard InChI is InChI=1S/C20H15ClN2O4S/c21-15-4-7-17(8-5-15)28-12-19(24)23-22-11-16-6-9-18(27-16)13-2-1-3-14(10-13)20(25)26/h1-11H,12H2,(H,23,24)(H,25,26)/b22-11+. The number of benzene rings is 2. The topological polar surface area (TPSA) is 91.9 Å². The third-order valence-corrected chi connectivity index (χ3v) is 4.85. The first-order valence-corrected chi connectivity index (χ1v) is 9.51. The summed E-state index contributed by atoms with van der Waals surface area (Å²) in [5.74, 6) is -0.105. The summed E-state index contributed by atoms with van der Waals surface area (Å²) in [6, 6.07) is 17.0. The molecule has 1 amide bonds. The van der Waals surface area contributed by atoms with Crippen molar-refractivity contribution < 1.29 is 19.1 Å². The number of nitrogens with zero attached hydrogens (tertiary/aromatic N) is 1. The van der Waals surface area contributed by atoms with Crippen LogP contribution in [0, 0.1) is 0 Å². The number of rotatable bonds is 7. The van der Waals surface area contributed by atoms with Crippen molar-refractivity contribution in [3.05, 3.63) is 77.0 Å². The molecule has 6 nitrogen and oxygen atoms in total. The molecule has 0 aliphatic rings. The Labute approximate surface area is 170 Å². The quantitative estimate of drug-likeness (QED) is 0.336. The van der Waals surface area contributed by atoms with Crippen molar-refractivity contribution in [3.63, 3.8) is 0 Å². The molecule has 3 rings (SSSR count). The van der Waals surface area contributed by atoms with Gasteiger partial charge in [0.2, 0.25) is 5.91 Å². The van der Waals surface area contributed by atoms with Crippen molar-refractivity contribution in [1.29, 1.82) is 0 Å². The fraction of sp³-hybridized carbons (Fsp3) is 0.0500. The molecule has 1 heterocycles. The first kappa shape index (κ1) is 19.7. The second-order valence-corrected chi connectivity index (χ2v) is 7.11. The third-order valence-electron chi connectivity index (χ3n) is 3.59. The summed E-state index contributed by atoms with van der Waals surface area (Å²) < 4.78 is 5.62. The maximum atomic E-state index is 11.8. The number of amides is 1. The van der Waals surface area contributed by atoms with Gasteiger partial charge in [-0.15, -0.1) is 11.8 Å². The highest BCUT2D eigenvalue weighted by molar-refractivity contribution is 8.00. The zero-order valence-electron chi connectivity index (χ0n) is 14.5. The monoisotopic (exact) mass is 414 g/mol. The Morgan fingerprint density at radius 1 is 1.14 bits per heavy atom. The van der Waals surface area contributed by atoms with Crippen LogP contribution in [0.5, 0.6) is 0 Å². The van der Waals surface area contributed by atoms with Crippen LogP contribution in [0.4, 0.5) is 0 Å². The van der Waals surface area contributed by atoms with Crippen LogP contribution in [-0.2, 0) is 4.79 Å². The average Bonchev–Trinajstić information content (AvgIpc) is 3.16. The minimum atomic E-state index is -1.01. The van der Waals surface area contributed by atoms with E-state index in [-0.39, 0.29) is 17.2 Å². The van der Waals surface area contributed by atoms with Gasteiger partial charge in [0, 0.05) is 15.5 Å². The van der Waals surface area contributed by atoms with Crippen LogP contribution in [0.2, 0.25) is 5.02 Å². The molecule has 142 valence electrons. The minimum Gasteiger partial charge on any atom is -0.478 e. The number of halogens is 1. The zero-order valence-corrected chi connectivity index (χ0v) is 16.0. The van der Waals surface area contributed by atoms with E-state index in [1.807, 2.05) is 12.1 Å². The summed E-state index contributed by atoms with van der Waals surface area (Å²) in [6.45, 7) is 0. The number of carbonyl (C=O) groups excluding carboxylic acids is 1. The van der Waals surface area contributed by atoms with E-state index in [4.69, 9.17) is 21.1 Å². The van der Waals surface area contributed by atoms with E-state index >= 15 is 0 Å². The van der Waals surface area contributed by atoms with Crippen molar-refractivity contribution >= 4 is 41.5 Å². The van der Waals surface area contributed by atoms with E-state index in [2.05, 4.69) is 10.5 Å². The summed E-state index contributed by atoms with van der Waals surface area (Å²) >= 11 is 7.19. The molecule has 2 aromatic carbocycles. The molecular weight excluding hydrogens is 400 g/mol. The highest BCUT2D eigenvalue weighted by Gasteiger charge is 2.08. The van der Waals surface area contributed by atoms with Crippen molar-refractivity contribution in [1.82, 2.24) is 5.43 Å². The molecule has 28 heavy (non-hydrogen) atoms. The van der Waals surface area contributed by atoms with Crippen LogP contribution in [0.1, 0.15) is 16.1 Å². The number of hydrogen-bond donors (Lipinski definition) is 2. The van der Waals surface area contributed by atoms with Gasteiger partial charge >= 0.3 is 5.97 Å². The van der Waals surface area contributed by atoms with Crippen molar-refractivity contribution in [3.8, 4) is 11.3 Å². The van der Waals surface area contributed by atoms with Crippen molar-refractivity contribution in [2.75, 3.05) is 5.75 Å². The van der Waals surface area contributed by atoms with Gasteiger partial charge in [-0.25, -0.2) is 10.2 Å². The number of nitrogens with one attached hydrogen (secondary N) is 1. The van der Waals surface area contributed by atoms with Gasteiger partial charge in [0.25, 0.3) is 0 Å². The van der Waals surface area contributed by atoms with Gasteiger partial charge in [0.15, 0.2) is 0 Å². The molecule has 3 aromatic rings. The van der Waals surface area contributed by atoms with Crippen LogP contribution in [-0.4, -0.2) is 29.0 Å². The lowest BCUT2D eigenvalue weighted by Gasteiger charge is -2.01. The first-order valence-electron chi connectivity index (χ1n) is 8.15. The Morgan fingerprint density at radius 2 is 1.93 bits per heavy atom. The van der Waals surface area contributed by atoms with Gasteiger partial charge in [-0.2, -0.15) is 5.10 Å². The van der Waals surface area contributed by atoms with E-state index in [0.29, 0.717) is 22.1 Å². The summed E-state index contributed by atoms with van der Waals surface area (Å²) in [5, 5.41) is 13.6. The van der Waals surface area contributed by atoms with Gasteiger partial charge in [-0.1, -0.05) is 23.7 Å². The van der Waals surface area contributed by atoms with Gasteiger partial charge in [-0.3, -0.25) is 4.79 Å². The molecular formula is C20H15ClN2O4S. The van der Waals surface area contributed by atoms with E-state index in [1.165, 1.54) is 30.1 Å². The molecule has 2 N–H and O–H groups in total. The molecule has 0 radical (unpaired) electrons. The normalized spacial score (nSPS) is 10.9. The number of hydrazone groups is 1. The Morgan fingerprint density at radius 3 is 2.68 bits per heavy atom. The summed E-state index contributed by atoms with van der Waals surface area (Å²) in [4.78, 5) is 23.8. The number of carboxylic acids is 1. The molecule has 0 fully saturated rings. The minimum absolute atomic E-state index is 0.176. The van der Waals surface area contributed by atoms with Gasteiger partial charge in [-0.05, 0) is 48.5 Å². The second-order valence-electron chi connectivity index (χ2n) is 5.62. The van der Waals surface area contributed by atoms with Crippen molar-refractivity contribution in [2.24, 2.45) is 5.10 Å². The smallest absolute Gasteiger partial charge is 0.335 e. The number of hydrogen-bond acceptors (Lipinski definition) is 5. The third kappa shape index (κ3) is 5.48. The maximum Gasteiger partial charge on any atom is 0.335 e. The molecule has 0 saturated heterocycles. The van der Waals surface area contributed by atoms with Crippen molar-refractivity contribution in [2.45, 2.75) is 4.90 Å². The van der Waals surface area contributed by atoms with Crippen LogP contribution >= 0.6 is 23.4 Å². The molecule has 0 aliphatic carbocycles. The van der Waals surface area contributed by atoms with Crippen LogP contribution in [0.15, 0.2) is 75.1 Å². The Bertz CT molecular complexity index is 1020. The molecule has 0 bridgehead atoms. The zero-order chi connectivity index (χ0) is 19.9. The lowest BCUT2D eigenvalue weighted by molar-refractivity contribution is -0.118. The van der Waals surface area contributed by atoms with Gasteiger partial charge in [0.1, 0.15) is 11.5 Å². The SMILES string of the molecule is O=C(CSc1ccc(Cl)cc1)N/N=C/c1ccc(-c2cccc(C(=O)O)c2)o1. The molecule has 0 spiro atoms. The molecule has 0 atom stereocenters. The maximum absolute atomic E-state index is 11.8. The van der Waals surface area contributed by atoms with Gasteiger partial charge < -0.3 is 9.52 Å². The number of thioether (sulfide) groups is 1. The van der Waals surface area contributed by atoms with Crippen LogP contribution in [0.3, 0.4) is 0 Å². The lowest BCUT2D eigenvalue weighted by atomic mass is 10.1. The summed E-state index contributed by atoms with van der Waals surface area (Å²) in [6.07, 6.45) is 1.38. The molecule has 0 unspecified atom stereocenters. The predicted octanol–water partition coefficient (Wildman–Crippen LogP) is 4.54. The molecule has 1 aromatic heterocycles. The van der Waals surface area contributed by atoms with Gasteiger partial charge in [0.05, 0.1) is 17.5 Å². The lowest BCUT2D eigenvalue weighted by Crippen LogP contribution is -2.19. The van der Waals surface area contributed by atoms with Crippen LogP contribution in [0.25, 0.3) is 11.3 Å². The van der Waals surface area contributed by atoms with E-state index in [0.717, 1.165) is 4.90 Å². The second kappa shape index (κ2) is 9.25. The number of carbonyl (C=O) groups is 2. The largest absolute Gasteiger partial charge is 0.478 e. The highest BCUT2D eigenvalue weighted by atomic mass is 35.5. The fourth-order valence-corrected chi connectivity index (χ4v) is 3.08. The number of carboxylic acid groups (broad SMARTS) is 1. The molecule has 8 heteroatoms. The summed E-state index contributed by atoms with van der Waals surface area (Å²) in [7, 11) is 0. The van der Waals surface area contributed by atoms with Crippen LogP contribution < -0.4 is 5.43 Å². The van der Waals surface area contributed by atoms with E-state index in [1.54, 1.807) is 36.4 Å².